The van der Waals surface area contributed by atoms with E-state index in [0.29, 0.717) is 18.0 Å². The van der Waals surface area contributed by atoms with Gasteiger partial charge >= 0.3 is 5.97 Å². The normalized spacial score (nSPS) is 26.6. The molecule has 0 spiro atoms. The fraction of sp³-hybridized carbons (Fsp3) is 0.467. The molecule has 2 unspecified atom stereocenters. The Bertz CT molecular complexity index is 604. The van der Waals surface area contributed by atoms with Crippen LogP contribution in [0.25, 0.3) is 11.1 Å². The Kier molecular flexibility index (Phi) is 3.12. The SMILES string of the molecule is CC1(C(=O)O)CCCCC1Nc1nc2ccccc2o1. The van der Waals surface area contributed by atoms with Crippen LogP contribution in [0.2, 0.25) is 0 Å². The van der Waals surface area contributed by atoms with Crippen molar-refractivity contribution in [2.24, 2.45) is 5.41 Å². The van der Waals surface area contributed by atoms with Gasteiger partial charge in [-0.15, -0.1) is 0 Å². The van der Waals surface area contributed by atoms with E-state index in [1.165, 1.54) is 0 Å². The first-order valence-electron chi connectivity index (χ1n) is 6.95. The lowest BCUT2D eigenvalue weighted by atomic mass is 9.72. The van der Waals surface area contributed by atoms with E-state index in [1.54, 1.807) is 6.92 Å². The standard InChI is InChI=1S/C15H18N2O3/c1-15(13(18)19)9-5-4-8-12(15)17-14-16-10-6-2-3-7-11(10)20-14/h2-3,6-7,12H,4-5,8-9H2,1H3,(H,16,17)(H,18,19). The number of rotatable bonds is 3. The number of fused-ring (bicyclic) bond motifs is 1. The minimum atomic E-state index is -0.765. The Balaban J connectivity index is 1.86. The van der Waals surface area contributed by atoms with Gasteiger partial charge < -0.3 is 14.8 Å². The van der Waals surface area contributed by atoms with Crippen molar-refractivity contribution in [1.82, 2.24) is 4.98 Å². The maximum absolute atomic E-state index is 11.6. The summed E-state index contributed by atoms with van der Waals surface area (Å²) in [6.07, 6.45) is 3.48. The molecule has 0 bridgehead atoms. The predicted octanol–water partition coefficient (Wildman–Crippen LogP) is 3.27. The van der Waals surface area contributed by atoms with Crippen LogP contribution in [0.4, 0.5) is 6.01 Å². The molecule has 1 aliphatic rings. The van der Waals surface area contributed by atoms with Crippen LogP contribution in [-0.2, 0) is 4.79 Å². The van der Waals surface area contributed by atoms with Gasteiger partial charge in [-0.3, -0.25) is 4.79 Å². The number of carboxylic acids is 1. The summed E-state index contributed by atoms with van der Waals surface area (Å²) < 4.78 is 5.63. The minimum Gasteiger partial charge on any atom is -0.481 e. The van der Waals surface area contributed by atoms with Gasteiger partial charge in [0.1, 0.15) is 5.52 Å². The van der Waals surface area contributed by atoms with Gasteiger partial charge in [-0.25, -0.2) is 0 Å². The molecule has 1 aromatic carbocycles. The van der Waals surface area contributed by atoms with Gasteiger partial charge in [-0.1, -0.05) is 25.0 Å². The van der Waals surface area contributed by atoms with Gasteiger partial charge in [0.15, 0.2) is 5.58 Å². The van der Waals surface area contributed by atoms with E-state index in [0.717, 1.165) is 24.8 Å². The van der Waals surface area contributed by atoms with Gasteiger partial charge in [0.25, 0.3) is 6.01 Å². The molecule has 1 aromatic heterocycles. The molecular weight excluding hydrogens is 256 g/mol. The number of oxazole rings is 1. The summed E-state index contributed by atoms with van der Waals surface area (Å²) in [5, 5.41) is 12.7. The molecule has 5 heteroatoms. The van der Waals surface area contributed by atoms with E-state index < -0.39 is 11.4 Å². The third-order valence-electron chi connectivity index (χ3n) is 4.29. The average molecular weight is 274 g/mol. The van der Waals surface area contributed by atoms with Gasteiger partial charge in [-0.2, -0.15) is 4.98 Å². The maximum Gasteiger partial charge on any atom is 0.311 e. The number of benzene rings is 1. The second kappa shape index (κ2) is 4.81. The van der Waals surface area contributed by atoms with E-state index in [2.05, 4.69) is 10.3 Å². The zero-order chi connectivity index (χ0) is 14.2. The zero-order valence-corrected chi connectivity index (χ0v) is 11.4. The van der Waals surface area contributed by atoms with Gasteiger partial charge in [0.2, 0.25) is 0 Å². The van der Waals surface area contributed by atoms with Crippen LogP contribution in [0, 0.1) is 5.41 Å². The van der Waals surface area contributed by atoms with Crippen molar-refractivity contribution >= 4 is 23.1 Å². The monoisotopic (exact) mass is 274 g/mol. The molecule has 0 saturated heterocycles. The summed E-state index contributed by atoms with van der Waals surface area (Å²) >= 11 is 0. The van der Waals surface area contributed by atoms with Crippen LogP contribution in [0.5, 0.6) is 0 Å². The topological polar surface area (TPSA) is 75.4 Å². The number of aromatic nitrogens is 1. The number of nitrogens with zero attached hydrogens (tertiary/aromatic N) is 1. The summed E-state index contributed by atoms with van der Waals surface area (Å²) in [7, 11) is 0. The van der Waals surface area contributed by atoms with E-state index in [4.69, 9.17) is 4.42 Å². The van der Waals surface area contributed by atoms with Crippen LogP contribution in [0.3, 0.4) is 0 Å². The molecule has 0 amide bonds. The lowest BCUT2D eigenvalue weighted by Gasteiger charge is -2.37. The molecule has 1 heterocycles. The van der Waals surface area contributed by atoms with Crippen LogP contribution in [0.15, 0.2) is 28.7 Å². The van der Waals surface area contributed by atoms with Crippen LogP contribution in [0.1, 0.15) is 32.6 Å². The Hall–Kier alpha value is -2.04. The Labute approximate surface area is 117 Å². The highest BCUT2D eigenvalue weighted by Gasteiger charge is 2.43. The number of carbonyl (C=O) groups is 1. The first-order valence-corrected chi connectivity index (χ1v) is 6.95. The van der Waals surface area contributed by atoms with Crippen molar-refractivity contribution in [2.75, 3.05) is 5.32 Å². The number of para-hydroxylation sites is 2. The minimum absolute atomic E-state index is 0.151. The molecule has 20 heavy (non-hydrogen) atoms. The lowest BCUT2D eigenvalue weighted by molar-refractivity contribution is -0.150. The second-order valence-corrected chi connectivity index (χ2v) is 5.65. The second-order valence-electron chi connectivity index (χ2n) is 5.65. The molecule has 2 aromatic rings. The van der Waals surface area contributed by atoms with E-state index in [1.807, 2.05) is 24.3 Å². The summed E-state index contributed by atoms with van der Waals surface area (Å²) in [4.78, 5) is 15.9. The van der Waals surface area contributed by atoms with Crippen molar-refractivity contribution < 1.29 is 14.3 Å². The zero-order valence-electron chi connectivity index (χ0n) is 11.4. The summed E-state index contributed by atoms with van der Waals surface area (Å²) in [5.41, 5.74) is 0.726. The quantitative estimate of drug-likeness (QED) is 0.898. The molecule has 0 radical (unpaired) electrons. The number of anilines is 1. The van der Waals surface area contributed by atoms with Crippen molar-refractivity contribution in [3.63, 3.8) is 0 Å². The molecule has 106 valence electrons. The van der Waals surface area contributed by atoms with E-state index >= 15 is 0 Å². The Morgan fingerprint density at radius 1 is 1.45 bits per heavy atom. The first-order chi connectivity index (χ1) is 9.59. The molecule has 1 saturated carbocycles. The van der Waals surface area contributed by atoms with E-state index in [-0.39, 0.29) is 6.04 Å². The molecule has 1 aliphatic carbocycles. The molecule has 3 rings (SSSR count). The van der Waals surface area contributed by atoms with Crippen molar-refractivity contribution in [2.45, 2.75) is 38.6 Å². The third-order valence-corrected chi connectivity index (χ3v) is 4.29. The van der Waals surface area contributed by atoms with Crippen LogP contribution < -0.4 is 5.32 Å². The largest absolute Gasteiger partial charge is 0.481 e. The highest BCUT2D eigenvalue weighted by molar-refractivity contribution is 5.77. The number of carboxylic acid groups (broad SMARTS) is 1. The number of aliphatic carboxylic acids is 1. The molecule has 2 atom stereocenters. The van der Waals surface area contributed by atoms with Crippen LogP contribution >= 0.6 is 0 Å². The van der Waals surface area contributed by atoms with Gasteiger partial charge in [-0.05, 0) is 31.9 Å². The fourth-order valence-electron chi connectivity index (χ4n) is 2.90. The van der Waals surface area contributed by atoms with Crippen molar-refractivity contribution in [3.8, 4) is 0 Å². The molecule has 1 fully saturated rings. The molecule has 0 aliphatic heterocycles. The van der Waals surface area contributed by atoms with E-state index in [9.17, 15) is 9.90 Å². The Morgan fingerprint density at radius 2 is 2.25 bits per heavy atom. The fourth-order valence-corrected chi connectivity index (χ4v) is 2.90. The smallest absolute Gasteiger partial charge is 0.311 e. The summed E-state index contributed by atoms with van der Waals surface area (Å²) in [5.74, 6) is -0.759. The Morgan fingerprint density at radius 3 is 3.00 bits per heavy atom. The number of hydrogen-bond donors (Lipinski definition) is 2. The maximum atomic E-state index is 11.6. The van der Waals surface area contributed by atoms with Crippen molar-refractivity contribution in [1.29, 1.82) is 0 Å². The number of hydrogen-bond acceptors (Lipinski definition) is 4. The van der Waals surface area contributed by atoms with Crippen molar-refractivity contribution in [3.05, 3.63) is 24.3 Å². The van der Waals surface area contributed by atoms with Crippen LogP contribution in [-0.4, -0.2) is 22.1 Å². The van der Waals surface area contributed by atoms with Gasteiger partial charge in [0.05, 0.1) is 5.41 Å². The highest BCUT2D eigenvalue weighted by atomic mass is 16.4. The van der Waals surface area contributed by atoms with Gasteiger partial charge in [0, 0.05) is 6.04 Å². The molecule has 2 N–H and O–H groups in total. The number of nitrogens with one attached hydrogen (secondary N) is 1. The predicted molar refractivity (Wildman–Crippen MR) is 75.6 cm³/mol. The lowest BCUT2D eigenvalue weighted by Crippen LogP contribution is -2.46. The highest BCUT2D eigenvalue weighted by Crippen LogP contribution is 2.38. The summed E-state index contributed by atoms with van der Waals surface area (Å²) in [6, 6.07) is 7.77. The third kappa shape index (κ3) is 2.13. The first kappa shape index (κ1) is 13.0. The molecular formula is C15H18N2O3. The summed E-state index contributed by atoms with van der Waals surface area (Å²) in [6.45, 7) is 1.80. The molecule has 5 nitrogen and oxygen atoms in total. The average Bonchev–Trinajstić information content (AvgIpc) is 2.83.